The molecule has 2 amide bonds. The van der Waals surface area contributed by atoms with E-state index in [0.29, 0.717) is 29.3 Å². The normalized spacial score (nSPS) is 13.7. The van der Waals surface area contributed by atoms with E-state index in [9.17, 15) is 9.59 Å². The van der Waals surface area contributed by atoms with Crippen molar-refractivity contribution in [1.29, 1.82) is 0 Å². The molecule has 1 aliphatic rings. The molecule has 0 atom stereocenters. The molecule has 1 aliphatic heterocycles. The molecule has 1 saturated heterocycles. The first kappa shape index (κ1) is 21.1. The first-order valence-corrected chi connectivity index (χ1v) is 11.0. The Morgan fingerprint density at radius 2 is 1.74 bits per heavy atom. The monoisotopic (exact) mass is 435 g/mol. The molecule has 160 valence electrons. The third kappa shape index (κ3) is 4.78. The first-order valence-electron chi connectivity index (χ1n) is 10.2. The van der Waals surface area contributed by atoms with Gasteiger partial charge in [0.1, 0.15) is 0 Å². The summed E-state index contributed by atoms with van der Waals surface area (Å²) in [5.41, 5.74) is 3.26. The van der Waals surface area contributed by atoms with Crippen LogP contribution in [0.4, 0.5) is 10.7 Å². The molecule has 4 rings (SSSR count). The van der Waals surface area contributed by atoms with Gasteiger partial charge in [0, 0.05) is 44.0 Å². The topological polar surface area (TPSA) is 61.9 Å². The molecule has 0 unspecified atom stereocenters. The number of rotatable bonds is 5. The van der Waals surface area contributed by atoms with E-state index in [1.165, 1.54) is 16.2 Å². The van der Waals surface area contributed by atoms with Crippen molar-refractivity contribution >= 4 is 33.8 Å². The van der Waals surface area contributed by atoms with Crippen molar-refractivity contribution in [3.8, 4) is 11.1 Å². The van der Waals surface area contributed by atoms with E-state index >= 15 is 0 Å². The van der Waals surface area contributed by atoms with E-state index in [4.69, 9.17) is 4.74 Å². The average Bonchev–Trinajstić information content (AvgIpc) is 3.26. The molecular formula is C24H25N3O3S. The third-order valence-corrected chi connectivity index (χ3v) is 6.29. The Hall–Kier alpha value is -3.16. The fourth-order valence-electron chi connectivity index (χ4n) is 3.50. The predicted molar refractivity (Wildman–Crippen MR) is 125 cm³/mol. The summed E-state index contributed by atoms with van der Waals surface area (Å²) >= 11 is 1.49. The van der Waals surface area contributed by atoms with E-state index in [1.54, 1.807) is 38.4 Å². The minimum Gasteiger partial charge on any atom is -0.378 e. The molecule has 2 aromatic carbocycles. The van der Waals surface area contributed by atoms with Crippen molar-refractivity contribution in [2.45, 2.75) is 0 Å². The van der Waals surface area contributed by atoms with Gasteiger partial charge in [0.25, 0.3) is 11.8 Å². The van der Waals surface area contributed by atoms with Gasteiger partial charge < -0.3 is 19.9 Å². The number of carbonyl (C=O) groups excluding carboxylic acids is 2. The quantitative estimate of drug-likeness (QED) is 0.652. The van der Waals surface area contributed by atoms with Crippen molar-refractivity contribution in [2.75, 3.05) is 50.6 Å². The van der Waals surface area contributed by atoms with Crippen LogP contribution in [0, 0.1) is 0 Å². The van der Waals surface area contributed by atoms with Crippen molar-refractivity contribution in [3.05, 3.63) is 71.1 Å². The largest absolute Gasteiger partial charge is 0.378 e. The van der Waals surface area contributed by atoms with Crippen LogP contribution in [0.2, 0.25) is 0 Å². The molecule has 1 fully saturated rings. The van der Waals surface area contributed by atoms with Crippen molar-refractivity contribution in [1.82, 2.24) is 4.90 Å². The second kappa shape index (κ2) is 9.32. The highest BCUT2D eigenvalue weighted by atomic mass is 32.1. The zero-order valence-corrected chi connectivity index (χ0v) is 18.4. The highest BCUT2D eigenvalue weighted by Crippen LogP contribution is 2.39. The van der Waals surface area contributed by atoms with Gasteiger partial charge >= 0.3 is 0 Å². The summed E-state index contributed by atoms with van der Waals surface area (Å²) in [6.07, 6.45) is 0. The summed E-state index contributed by atoms with van der Waals surface area (Å²) in [7, 11) is 3.41. The lowest BCUT2D eigenvalue weighted by atomic mass is 10.1. The maximum atomic E-state index is 13.1. The number of amides is 2. The number of morpholine rings is 1. The van der Waals surface area contributed by atoms with Crippen molar-refractivity contribution in [2.24, 2.45) is 0 Å². The van der Waals surface area contributed by atoms with Crippen LogP contribution in [0.1, 0.15) is 20.0 Å². The van der Waals surface area contributed by atoms with E-state index in [-0.39, 0.29) is 11.8 Å². The number of hydrogen-bond acceptors (Lipinski definition) is 5. The smallest absolute Gasteiger partial charge is 0.265 e. The minimum absolute atomic E-state index is 0.104. The Labute approximate surface area is 186 Å². The van der Waals surface area contributed by atoms with Crippen molar-refractivity contribution in [3.63, 3.8) is 0 Å². The number of ether oxygens (including phenoxy) is 1. The zero-order chi connectivity index (χ0) is 21.8. The lowest BCUT2D eigenvalue weighted by Gasteiger charge is -2.28. The molecule has 1 aromatic heterocycles. The lowest BCUT2D eigenvalue weighted by molar-refractivity contribution is 0.0827. The van der Waals surface area contributed by atoms with Crippen LogP contribution in [0.15, 0.2) is 60.7 Å². The second-order valence-electron chi connectivity index (χ2n) is 7.53. The highest BCUT2D eigenvalue weighted by molar-refractivity contribution is 7.18. The molecule has 0 aliphatic carbocycles. The fraction of sp³-hybridized carbons (Fsp3) is 0.250. The number of hydrogen-bond donors (Lipinski definition) is 1. The molecular weight excluding hydrogens is 410 g/mol. The number of benzene rings is 2. The summed E-state index contributed by atoms with van der Waals surface area (Å²) in [5.74, 6) is -0.288. The van der Waals surface area contributed by atoms with Gasteiger partial charge in [0.05, 0.1) is 23.1 Å². The zero-order valence-electron chi connectivity index (χ0n) is 17.6. The summed E-state index contributed by atoms with van der Waals surface area (Å²) < 4.78 is 5.50. The average molecular weight is 436 g/mol. The number of thiophene rings is 1. The Kier molecular flexibility index (Phi) is 6.34. The van der Waals surface area contributed by atoms with Crippen LogP contribution in [0.3, 0.4) is 0 Å². The molecule has 0 radical (unpaired) electrons. The molecule has 7 heteroatoms. The Morgan fingerprint density at radius 3 is 2.45 bits per heavy atom. The highest BCUT2D eigenvalue weighted by Gasteiger charge is 2.22. The molecule has 0 spiro atoms. The Balaban J connectivity index is 1.62. The number of carbonyl (C=O) groups is 2. The third-order valence-electron chi connectivity index (χ3n) is 5.09. The summed E-state index contributed by atoms with van der Waals surface area (Å²) in [5, 5.41) is 4.02. The maximum absolute atomic E-state index is 13.1. The standard InChI is InChI=1S/C24H25N3O3S/c1-26(2)23(29)18-9-6-10-19(15-18)25-22(28)21-16-20(17-7-4-3-5-8-17)24(31-21)27-11-13-30-14-12-27/h3-10,15-16H,11-14H2,1-2H3,(H,25,28). The molecule has 2 heterocycles. The van der Waals surface area contributed by atoms with Crippen LogP contribution in [-0.2, 0) is 4.74 Å². The molecule has 3 aromatic rings. The van der Waals surface area contributed by atoms with Gasteiger partial charge in [-0.05, 0) is 29.8 Å². The van der Waals surface area contributed by atoms with Crippen LogP contribution in [0.25, 0.3) is 11.1 Å². The van der Waals surface area contributed by atoms with E-state index in [2.05, 4.69) is 22.3 Å². The van der Waals surface area contributed by atoms with E-state index in [0.717, 1.165) is 29.2 Å². The predicted octanol–water partition coefficient (Wildman–Crippen LogP) is 4.21. The van der Waals surface area contributed by atoms with E-state index < -0.39 is 0 Å². The van der Waals surface area contributed by atoms with Crippen LogP contribution < -0.4 is 10.2 Å². The summed E-state index contributed by atoms with van der Waals surface area (Å²) in [6.45, 7) is 2.97. The summed E-state index contributed by atoms with van der Waals surface area (Å²) in [4.78, 5) is 29.7. The van der Waals surface area contributed by atoms with Gasteiger partial charge in [-0.25, -0.2) is 0 Å². The SMILES string of the molecule is CN(C)C(=O)c1cccc(NC(=O)c2cc(-c3ccccc3)c(N3CCOCC3)s2)c1. The maximum Gasteiger partial charge on any atom is 0.265 e. The number of nitrogens with zero attached hydrogens (tertiary/aromatic N) is 2. The second-order valence-corrected chi connectivity index (χ2v) is 8.56. The molecule has 6 nitrogen and oxygen atoms in total. The van der Waals surface area contributed by atoms with Gasteiger partial charge in [-0.2, -0.15) is 0 Å². The van der Waals surface area contributed by atoms with Gasteiger partial charge in [-0.15, -0.1) is 11.3 Å². The molecule has 0 saturated carbocycles. The lowest BCUT2D eigenvalue weighted by Crippen LogP contribution is -2.35. The van der Waals surface area contributed by atoms with E-state index in [1.807, 2.05) is 24.3 Å². The van der Waals surface area contributed by atoms with Gasteiger partial charge in [0.2, 0.25) is 0 Å². The number of nitrogens with one attached hydrogen (secondary N) is 1. The van der Waals surface area contributed by atoms with Crippen molar-refractivity contribution < 1.29 is 14.3 Å². The molecule has 1 N–H and O–H groups in total. The van der Waals surface area contributed by atoms with Crippen LogP contribution >= 0.6 is 11.3 Å². The Bertz CT molecular complexity index is 1070. The number of anilines is 2. The van der Waals surface area contributed by atoms with Crippen LogP contribution in [-0.4, -0.2) is 57.1 Å². The molecule has 31 heavy (non-hydrogen) atoms. The fourth-order valence-corrected chi connectivity index (χ4v) is 4.63. The van der Waals surface area contributed by atoms with Gasteiger partial charge in [0.15, 0.2) is 0 Å². The summed E-state index contributed by atoms with van der Waals surface area (Å²) in [6, 6.07) is 19.1. The first-order chi connectivity index (χ1) is 15.0. The minimum atomic E-state index is -0.184. The van der Waals surface area contributed by atoms with Crippen LogP contribution in [0.5, 0.6) is 0 Å². The van der Waals surface area contributed by atoms with Gasteiger partial charge in [-0.3, -0.25) is 9.59 Å². The van der Waals surface area contributed by atoms with Gasteiger partial charge in [-0.1, -0.05) is 36.4 Å². The Morgan fingerprint density at radius 1 is 1.00 bits per heavy atom. The molecule has 0 bridgehead atoms.